The number of rotatable bonds is 4. The Bertz CT molecular complexity index is 963. The number of nitrogens with zero attached hydrogens (tertiary/aromatic N) is 1. The maximum atomic E-state index is 12.3. The van der Waals surface area contributed by atoms with Gasteiger partial charge in [0, 0.05) is 30.2 Å². The van der Waals surface area contributed by atoms with Crippen LogP contribution in [0.3, 0.4) is 0 Å². The lowest BCUT2D eigenvalue weighted by Gasteiger charge is -2.09. The third kappa shape index (κ3) is 3.99. The van der Waals surface area contributed by atoms with Gasteiger partial charge >= 0.3 is 0 Å². The van der Waals surface area contributed by atoms with Crippen molar-refractivity contribution < 1.29 is 4.79 Å². The van der Waals surface area contributed by atoms with Crippen LogP contribution in [-0.2, 0) is 24.8 Å². The Morgan fingerprint density at radius 3 is 2.79 bits per heavy atom. The zero-order valence-corrected chi connectivity index (χ0v) is 17.4. The Labute approximate surface area is 167 Å². The minimum atomic E-state index is -0.0414. The van der Waals surface area contributed by atoms with Gasteiger partial charge in [0.1, 0.15) is 4.83 Å². The summed E-state index contributed by atoms with van der Waals surface area (Å²) < 4.78 is 4.00. The van der Waals surface area contributed by atoms with E-state index in [1.807, 2.05) is 42.1 Å². The van der Waals surface area contributed by atoms with Crippen LogP contribution in [0.4, 0.5) is 0 Å². The van der Waals surface area contributed by atoms with Gasteiger partial charge in [-0.05, 0) is 51.9 Å². The molecule has 1 aromatic carbocycles. The van der Waals surface area contributed by atoms with E-state index >= 15 is 0 Å². The van der Waals surface area contributed by atoms with Crippen molar-refractivity contribution in [3.63, 3.8) is 0 Å². The summed E-state index contributed by atoms with van der Waals surface area (Å²) in [4.78, 5) is 13.4. The van der Waals surface area contributed by atoms with Crippen molar-refractivity contribution in [1.82, 2.24) is 9.88 Å². The Morgan fingerprint density at radius 1 is 1.38 bits per heavy atom. The lowest BCUT2D eigenvalue weighted by molar-refractivity contribution is -0.120. The number of aromatic nitrogens is 1. The molecular weight excluding hydrogens is 475 g/mol. The summed E-state index contributed by atoms with van der Waals surface area (Å²) >= 11 is 15.4. The Kier molecular flexibility index (Phi) is 5.59. The standard InChI is InChI=1S/C17H14ClIN2OS2/c1-21-9-11(16(23)13-7-14(19)24-17(13)21)6-15(22)20-8-10-2-4-12(18)5-3-10/h2-5,7,9H,6,8H2,1H3,(H,20,22). The number of halogens is 2. The van der Waals surface area contributed by atoms with Gasteiger partial charge in [0.05, 0.1) is 13.8 Å². The molecule has 2 aromatic heterocycles. The molecule has 3 rings (SSSR count). The molecule has 0 fully saturated rings. The van der Waals surface area contributed by atoms with Crippen molar-refractivity contribution in [3.8, 4) is 0 Å². The van der Waals surface area contributed by atoms with Gasteiger partial charge in [-0.1, -0.05) is 36.0 Å². The van der Waals surface area contributed by atoms with Crippen molar-refractivity contribution in [2.24, 2.45) is 7.05 Å². The summed E-state index contributed by atoms with van der Waals surface area (Å²) in [6.45, 7) is 0.480. The number of nitrogens with one attached hydrogen (secondary N) is 1. The van der Waals surface area contributed by atoms with E-state index < -0.39 is 0 Å². The van der Waals surface area contributed by atoms with Crippen LogP contribution in [0.25, 0.3) is 10.2 Å². The molecule has 0 spiro atoms. The summed E-state index contributed by atoms with van der Waals surface area (Å²) in [7, 11) is 1.98. The number of hydrogen-bond donors (Lipinski definition) is 1. The highest BCUT2D eigenvalue weighted by molar-refractivity contribution is 14.1. The highest BCUT2D eigenvalue weighted by Gasteiger charge is 2.11. The number of fused-ring (bicyclic) bond motifs is 1. The molecule has 1 N–H and O–H groups in total. The van der Waals surface area contributed by atoms with E-state index in [0.717, 1.165) is 25.9 Å². The van der Waals surface area contributed by atoms with Crippen LogP contribution in [0.1, 0.15) is 11.1 Å². The van der Waals surface area contributed by atoms with E-state index in [9.17, 15) is 4.79 Å². The Hall–Kier alpha value is -0.960. The van der Waals surface area contributed by atoms with Gasteiger partial charge in [-0.15, -0.1) is 11.3 Å². The third-order valence-electron chi connectivity index (χ3n) is 3.64. The topological polar surface area (TPSA) is 34.0 Å². The summed E-state index contributed by atoms with van der Waals surface area (Å²) in [5.74, 6) is -0.0414. The van der Waals surface area contributed by atoms with E-state index in [1.165, 1.54) is 2.88 Å². The second-order valence-corrected chi connectivity index (χ2v) is 9.21. The van der Waals surface area contributed by atoms with E-state index in [0.29, 0.717) is 11.6 Å². The molecule has 0 saturated carbocycles. The molecule has 3 nitrogen and oxygen atoms in total. The first-order valence-electron chi connectivity index (χ1n) is 7.23. The SMILES string of the molecule is Cn1cc(CC(=O)NCc2ccc(Cl)cc2)c(=S)c2cc(I)sc21. The second-order valence-electron chi connectivity index (χ2n) is 5.44. The first kappa shape index (κ1) is 17.8. The van der Waals surface area contributed by atoms with Gasteiger partial charge in [0.15, 0.2) is 0 Å². The highest BCUT2D eigenvalue weighted by atomic mass is 127. The number of thiophene rings is 1. The number of amides is 1. The van der Waals surface area contributed by atoms with E-state index in [2.05, 4.69) is 34.0 Å². The van der Waals surface area contributed by atoms with E-state index in [4.69, 9.17) is 23.8 Å². The molecule has 0 saturated heterocycles. The van der Waals surface area contributed by atoms with Crippen LogP contribution in [-0.4, -0.2) is 10.5 Å². The molecule has 24 heavy (non-hydrogen) atoms. The van der Waals surface area contributed by atoms with Gasteiger partial charge in [-0.2, -0.15) is 0 Å². The number of aryl methyl sites for hydroxylation is 1. The van der Waals surface area contributed by atoms with Crippen LogP contribution in [0.5, 0.6) is 0 Å². The summed E-state index contributed by atoms with van der Waals surface area (Å²) in [5.41, 5.74) is 1.89. The van der Waals surface area contributed by atoms with Gasteiger partial charge < -0.3 is 9.88 Å². The predicted molar refractivity (Wildman–Crippen MR) is 111 cm³/mol. The molecule has 0 aliphatic carbocycles. The average molecular weight is 489 g/mol. The highest BCUT2D eigenvalue weighted by Crippen LogP contribution is 2.28. The molecule has 2 heterocycles. The number of carbonyl (C=O) groups is 1. The maximum Gasteiger partial charge on any atom is 0.224 e. The lowest BCUT2D eigenvalue weighted by Crippen LogP contribution is -2.24. The quantitative estimate of drug-likeness (QED) is 0.410. The van der Waals surface area contributed by atoms with E-state index in [-0.39, 0.29) is 12.3 Å². The van der Waals surface area contributed by atoms with Crippen LogP contribution < -0.4 is 5.32 Å². The fraction of sp³-hybridized carbons (Fsp3) is 0.176. The van der Waals surface area contributed by atoms with Crippen LogP contribution >= 0.6 is 57.7 Å². The molecule has 3 aromatic rings. The zero-order chi connectivity index (χ0) is 17.3. The largest absolute Gasteiger partial charge is 0.352 e. The summed E-state index contributed by atoms with van der Waals surface area (Å²) in [6, 6.07) is 9.52. The van der Waals surface area contributed by atoms with Crippen molar-refractivity contribution in [2.75, 3.05) is 0 Å². The third-order valence-corrected chi connectivity index (χ3v) is 6.36. The Morgan fingerprint density at radius 2 is 2.08 bits per heavy atom. The molecule has 124 valence electrons. The van der Waals surface area contributed by atoms with Crippen molar-refractivity contribution in [1.29, 1.82) is 0 Å². The summed E-state index contributed by atoms with van der Waals surface area (Å²) in [5, 5.41) is 4.66. The zero-order valence-electron chi connectivity index (χ0n) is 12.8. The molecule has 7 heteroatoms. The molecule has 0 bridgehead atoms. The van der Waals surface area contributed by atoms with Gasteiger partial charge in [-0.3, -0.25) is 4.79 Å². The monoisotopic (exact) mass is 488 g/mol. The van der Waals surface area contributed by atoms with Crippen molar-refractivity contribution >= 4 is 73.9 Å². The van der Waals surface area contributed by atoms with E-state index in [1.54, 1.807) is 11.3 Å². The number of pyridine rings is 1. The predicted octanol–water partition coefficient (Wildman–Crippen LogP) is 5.09. The van der Waals surface area contributed by atoms with Crippen LogP contribution in [0.2, 0.25) is 5.02 Å². The van der Waals surface area contributed by atoms with Gasteiger partial charge in [-0.25, -0.2) is 0 Å². The minimum absolute atomic E-state index is 0.0414. The lowest BCUT2D eigenvalue weighted by atomic mass is 10.1. The van der Waals surface area contributed by atoms with Crippen molar-refractivity contribution in [3.05, 3.63) is 60.1 Å². The molecular formula is C17H14ClIN2OS2. The molecule has 1 amide bonds. The summed E-state index contributed by atoms with van der Waals surface area (Å²) in [6.07, 6.45) is 2.24. The first-order valence-corrected chi connectivity index (χ1v) is 9.91. The normalized spacial score (nSPS) is 11.0. The number of hydrogen-bond acceptors (Lipinski definition) is 3. The fourth-order valence-electron chi connectivity index (χ4n) is 2.46. The molecule has 0 aliphatic heterocycles. The molecule has 0 aliphatic rings. The Balaban J connectivity index is 1.74. The molecule has 0 atom stereocenters. The molecule has 0 unspecified atom stereocenters. The van der Waals surface area contributed by atoms with Crippen LogP contribution in [0.15, 0.2) is 36.5 Å². The van der Waals surface area contributed by atoms with Crippen LogP contribution in [0, 0.1) is 7.39 Å². The average Bonchev–Trinajstić information content (AvgIpc) is 2.94. The number of benzene rings is 1. The number of carbonyl (C=O) groups excluding carboxylic acids is 1. The minimum Gasteiger partial charge on any atom is -0.352 e. The fourth-order valence-corrected chi connectivity index (χ4v) is 4.70. The molecule has 0 radical (unpaired) electrons. The van der Waals surface area contributed by atoms with Gasteiger partial charge in [0.2, 0.25) is 5.91 Å². The maximum absolute atomic E-state index is 12.3. The van der Waals surface area contributed by atoms with Crippen molar-refractivity contribution in [2.45, 2.75) is 13.0 Å². The van der Waals surface area contributed by atoms with Gasteiger partial charge in [0.25, 0.3) is 0 Å². The second kappa shape index (κ2) is 7.51. The first-order chi connectivity index (χ1) is 11.4. The smallest absolute Gasteiger partial charge is 0.224 e.